The lowest BCUT2D eigenvalue weighted by Gasteiger charge is -2.26. The van der Waals surface area contributed by atoms with Crippen LogP contribution >= 0.6 is 11.8 Å². The number of hydrogen-bond acceptors (Lipinski definition) is 5. The largest absolute Gasteiger partial charge is 0.388 e. The van der Waals surface area contributed by atoms with Gasteiger partial charge in [-0.25, -0.2) is 0 Å². The molecule has 5 nitrogen and oxygen atoms in total. The number of non-ortho nitro benzene ring substituents is 1. The predicted molar refractivity (Wildman–Crippen MR) is 76.8 cm³/mol. The van der Waals surface area contributed by atoms with E-state index in [2.05, 4.69) is 10.2 Å². The summed E-state index contributed by atoms with van der Waals surface area (Å²) in [6.45, 7) is 0. The van der Waals surface area contributed by atoms with Gasteiger partial charge in [0, 0.05) is 49.4 Å². The van der Waals surface area contributed by atoms with Crippen LogP contribution in [0, 0.1) is 10.1 Å². The standard InChI is InChI=1S/C12H17N3O2S/c1-13-9-5-11(7-12(6-9)15(16)17)14(2)10-3-4-18-8-10/h5-7,10,13H,3-4,8H2,1-2H3. The number of nitro groups is 1. The molecule has 2 rings (SSSR count). The Bertz CT molecular complexity index is 447. The molecule has 0 spiro atoms. The van der Waals surface area contributed by atoms with Gasteiger partial charge in [-0.1, -0.05) is 0 Å². The lowest BCUT2D eigenvalue weighted by atomic mass is 10.1. The molecule has 1 aromatic rings. The van der Waals surface area contributed by atoms with E-state index < -0.39 is 0 Å². The summed E-state index contributed by atoms with van der Waals surface area (Å²) in [6, 6.07) is 5.63. The van der Waals surface area contributed by atoms with Crippen LogP contribution in [-0.2, 0) is 0 Å². The number of anilines is 2. The highest BCUT2D eigenvalue weighted by atomic mass is 32.2. The van der Waals surface area contributed by atoms with Gasteiger partial charge in [0.2, 0.25) is 0 Å². The Kier molecular flexibility index (Phi) is 3.96. The third-order valence-corrected chi connectivity index (χ3v) is 4.41. The monoisotopic (exact) mass is 267 g/mol. The molecule has 1 atom stereocenters. The highest BCUT2D eigenvalue weighted by molar-refractivity contribution is 7.99. The summed E-state index contributed by atoms with van der Waals surface area (Å²) < 4.78 is 0. The van der Waals surface area contributed by atoms with Gasteiger partial charge in [-0.15, -0.1) is 0 Å². The van der Waals surface area contributed by atoms with Crippen LogP contribution in [0.1, 0.15) is 6.42 Å². The summed E-state index contributed by atoms with van der Waals surface area (Å²) in [4.78, 5) is 12.7. The molecule has 0 amide bonds. The van der Waals surface area contributed by atoms with E-state index in [1.54, 1.807) is 19.2 Å². The minimum atomic E-state index is -0.346. The molecule has 18 heavy (non-hydrogen) atoms. The third-order valence-electron chi connectivity index (χ3n) is 3.26. The van der Waals surface area contributed by atoms with E-state index in [1.807, 2.05) is 24.9 Å². The number of rotatable bonds is 4. The number of hydrogen-bond donors (Lipinski definition) is 1. The first kappa shape index (κ1) is 13.0. The maximum Gasteiger partial charge on any atom is 0.273 e. The van der Waals surface area contributed by atoms with Crippen molar-refractivity contribution in [1.82, 2.24) is 0 Å². The zero-order chi connectivity index (χ0) is 13.1. The van der Waals surface area contributed by atoms with E-state index in [4.69, 9.17) is 0 Å². The van der Waals surface area contributed by atoms with Crippen LogP contribution in [0.25, 0.3) is 0 Å². The van der Waals surface area contributed by atoms with Gasteiger partial charge < -0.3 is 10.2 Å². The molecule has 1 saturated heterocycles. The average Bonchev–Trinajstić information content (AvgIpc) is 2.91. The van der Waals surface area contributed by atoms with Crippen molar-refractivity contribution in [1.29, 1.82) is 0 Å². The van der Waals surface area contributed by atoms with E-state index in [9.17, 15) is 10.1 Å². The summed E-state index contributed by atoms with van der Waals surface area (Å²) in [5.74, 6) is 2.26. The maximum atomic E-state index is 10.9. The Morgan fingerprint density at radius 3 is 2.83 bits per heavy atom. The molecule has 0 radical (unpaired) electrons. The number of nitrogens with one attached hydrogen (secondary N) is 1. The molecule has 0 bridgehead atoms. The van der Waals surface area contributed by atoms with E-state index in [0.29, 0.717) is 6.04 Å². The van der Waals surface area contributed by atoms with Crippen LogP contribution in [0.15, 0.2) is 18.2 Å². The lowest BCUT2D eigenvalue weighted by Crippen LogP contribution is -2.31. The Morgan fingerprint density at radius 2 is 2.28 bits per heavy atom. The van der Waals surface area contributed by atoms with Crippen LogP contribution in [0.5, 0.6) is 0 Å². The molecule has 98 valence electrons. The topological polar surface area (TPSA) is 58.4 Å². The molecule has 1 aromatic carbocycles. The van der Waals surface area contributed by atoms with Crippen molar-refractivity contribution in [3.8, 4) is 0 Å². The van der Waals surface area contributed by atoms with Crippen molar-refractivity contribution >= 4 is 28.8 Å². The van der Waals surface area contributed by atoms with Gasteiger partial charge >= 0.3 is 0 Å². The van der Waals surface area contributed by atoms with Gasteiger partial charge in [0.1, 0.15) is 0 Å². The number of nitro benzene ring substituents is 1. The van der Waals surface area contributed by atoms with Gasteiger partial charge in [-0.3, -0.25) is 10.1 Å². The zero-order valence-corrected chi connectivity index (χ0v) is 11.4. The summed E-state index contributed by atoms with van der Waals surface area (Å²) >= 11 is 1.93. The van der Waals surface area contributed by atoms with Gasteiger partial charge in [0.05, 0.1) is 4.92 Å². The second kappa shape index (κ2) is 5.48. The fourth-order valence-electron chi connectivity index (χ4n) is 2.09. The predicted octanol–water partition coefficient (Wildman–Crippen LogP) is 2.58. The van der Waals surface area contributed by atoms with Crippen LogP contribution < -0.4 is 10.2 Å². The Balaban J connectivity index is 2.30. The first-order chi connectivity index (χ1) is 8.61. The summed E-state index contributed by atoms with van der Waals surface area (Å²) in [7, 11) is 3.78. The Hall–Kier alpha value is -1.43. The maximum absolute atomic E-state index is 10.9. The van der Waals surface area contributed by atoms with Crippen molar-refractivity contribution in [3.05, 3.63) is 28.3 Å². The normalized spacial score (nSPS) is 18.7. The molecule has 0 aromatic heterocycles. The second-order valence-electron chi connectivity index (χ2n) is 4.37. The number of thioether (sulfide) groups is 1. The molecule has 1 fully saturated rings. The van der Waals surface area contributed by atoms with Crippen LogP contribution in [0.2, 0.25) is 0 Å². The molecule has 1 unspecified atom stereocenters. The second-order valence-corrected chi connectivity index (χ2v) is 5.52. The fraction of sp³-hybridized carbons (Fsp3) is 0.500. The first-order valence-corrected chi connectivity index (χ1v) is 7.05. The Labute approximate surface area is 111 Å². The highest BCUT2D eigenvalue weighted by Crippen LogP contribution is 2.30. The van der Waals surface area contributed by atoms with Gasteiger partial charge in [-0.05, 0) is 18.2 Å². The van der Waals surface area contributed by atoms with Crippen LogP contribution in [0.4, 0.5) is 17.1 Å². The molecule has 1 aliphatic rings. The smallest absolute Gasteiger partial charge is 0.273 e. The van der Waals surface area contributed by atoms with Crippen molar-refractivity contribution in [3.63, 3.8) is 0 Å². The zero-order valence-electron chi connectivity index (χ0n) is 10.5. The lowest BCUT2D eigenvalue weighted by molar-refractivity contribution is -0.384. The van der Waals surface area contributed by atoms with Crippen molar-refractivity contribution < 1.29 is 4.92 Å². The SMILES string of the molecule is CNc1cc(N(C)C2CCSC2)cc([N+](=O)[O-])c1. The van der Waals surface area contributed by atoms with Gasteiger partial charge in [0.15, 0.2) is 0 Å². The van der Waals surface area contributed by atoms with Crippen LogP contribution in [0.3, 0.4) is 0 Å². The molecule has 0 saturated carbocycles. The summed E-state index contributed by atoms with van der Waals surface area (Å²) in [5, 5.41) is 13.9. The molecular weight excluding hydrogens is 250 g/mol. The van der Waals surface area contributed by atoms with E-state index in [-0.39, 0.29) is 10.6 Å². The average molecular weight is 267 g/mol. The number of benzene rings is 1. The minimum absolute atomic E-state index is 0.134. The van der Waals surface area contributed by atoms with Crippen molar-refractivity contribution in [2.75, 3.05) is 35.8 Å². The highest BCUT2D eigenvalue weighted by Gasteiger charge is 2.22. The summed E-state index contributed by atoms with van der Waals surface area (Å²) in [5.41, 5.74) is 1.81. The fourth-order valence-corrected chi connectivity index (χ4v) is 3.35. The minimum Gasteiger partial charge on any atom is -0.388 e. The molecule has 1 N–H and O–H groups in total. The molecule has 1 heterocycles. The molecule has 0 aliphatic carbocycles. The third kappa shape index (κ3) is 2.69. The quantitative estimate of drug-likeness (QED) is 0.671. The first-order valence-electron chi connectivity index (χ1n) is 5.89. The van der Waals surface area contributed by atoms with Gasteiger partial charge in [0.25, 0.3) is 5.69 Å². The molecular formula is C12H17N3O2S. The Morgan fingerprint density at radius 1 is 1.50 bits per heavy atom. The van der Waals surface area contributed by atoms with E-state index in [1.165, 1.54) is 5.75 Å². The van der Waals surface area contributed by atoms with E-state index in [0.717, 1.165) is 23.5 Å². The van der Waals surface area contributed by atoms with Gasteiger partial charge in [-0.2, -0.15) is 11.8 Å². The summed E-state index contributed by atoms with van der Waals surface area (Å²) in [6.07, 6.45) is 1.14. The molecule has 1 aliphatic heterocycles. The van der Waals surface area contributed by atoms with Crippen LogP contribution in [-0.4, -0.2) is 36.6 Å². The van der Waals surface area contributed by atoms with Crippen molar-refractivity contribution in [2.24, 2.45) is 0 Å². The molecule has 6 heteroatoms. The van der Waals surface area contributed by atoms with E-state index >= 15 is 0 Å². The number of nitrogens with zero attached hydrogens (tertiary/aromatic N) is 2. The van der Waals surface area contributed by atoms with Crippen molar-refractivity contribution in [2.45, 2.75) is 12.5 Å².